The van der Waals surface area contributed by atoms with E-state index in [0.717, 1.165) is 17.5 Å². The van der Waals surface area contributed by atoms with Crippen LogP contribution in [-0.4, -0.2) is 42.9 Å². The van der Waals surface area contributed by atoms with Crippen LogP contribution in [0.25, 0.3) is 0 Å². The zero-order chi connectivity index (χ0) is 13.5. The monoisotopic (exact) mass is 321 g/mol. The molecule has 1 amide bonds. The molecule has 0 N–H and O–H groups in total. The number of carbonyl (C=O) groups is 1. The van der Waals surface area contributed by atoms with E-state index in [1.807, 2.05) is 0 Å². The standard InChI is InChI=1S/C12H14BrF2NO2/c1-16(5-7-18-6-4-13)12(17)9-2-3-10(14)11(15)8-9/h2-3,8H,4-7H2,1H3. The molecule has 0 heterocycles. The summed E-state index contributed by atoms with van der Waals surface area (Å²) in [4.78, 5) is 13.2. The maximum Gasteiger partial charge on any atom is 0.253 e. The number of likely N-dealkylation sites (N-methyl/N-ethyl adjacent to an activating group) is 1. The maximum atomic E-state index is 13.0. The summed E-state index contributed by atoms with van der Waals surface area (Å²) in [5, 5.41) is 0.730. The van der Waals surface area contributed by atoms with Gasteiger partial charge in [0, 0.05) is 24.5 Å². The highest BCUT2D eigenvalue weighted by Gasteiger charge is 2.13. The number of alkyl halides is 1. The number of rotatable bonds is 6. The molecule has 0 spiro atoms. The first-order valence-corrected chi connectivity index (χ1v) is 6.52. The molecular formula is C12H14BrF2NO2. The van der Waals surface area contributed by atoms with Gasteiger partial charge >= 0.3 is 0 Å². The second-order valence-electron chi connectivity index (χ2n) is 3.66. The molecule has 0 aromatic heterocycles. The van der Waals surface area contributed by atoms with E-state index >= 15 is 0 Å². The summed E-state index contributed by atoms with van der Waals surface area (Å²) in [6.07, 6.45) is 0. The molecule has 0 unspecified atom stereocenters. The number of nitrogens with zero attached hydrogens (tertiary/aromatic N) is 1. The molecule has 0 radical (unpaired) electrons. The molecule has 0 aliphatic rings. The largest absolute Gasteiger partial charge is 0.379 e. The van der Waals surface area contributed by atoms with Gasteiger partial charge in [-0.2, -0.15) is 0 Å². The summed E-state index contributed by atoms with van der Waals surface area (Å²) >= 11 is 3.21. The van der Waals surface area contributed by atoms with Gasteiger partial charge in [-0.05, 0) is 18.2 Å². The fourth-order valence-electron chi connectivity index (χ4n) is 1.31. The van der Waals surface area contributed by atoms with E-state index in [2.05, 4.69) is 15.9 Å². The van der Waals surface area contributed by atoms with Crippen LogP contribution in [0.1, 0.15) is 10.4 Å². The molecular weight excluding hydrogens is 308 g/mol. The van der Waals surface area contributed by atoms with Crippen LogP contribution in [-0.2, 0) is 4.74 Å². The number of halogens is 3. The average molecular weight is 322 g/mol. The van der Waals surface area contributed by atoms with Crippen LogP contribution >= 0.6 is 15.9 Å². The van der Waals surface area contributed by atoms with Crippen LogP contribution in [0.3, 0.4) is 0 Å². The smallest absolute Gasteiger partial charge is 0.253 e. The lowest BCUT2D eigenvalue weighted by Gasteiger charge is -2.17. The summed E-state index contributed by atoms with van der Waals surface area (Å²) in [6, 6.07) is 3.10. The van der Waals surface area contributed by atoms with Crippen molar-refractivity contribution in [1.29, 1.82) is 0 Å². The van der Waals surface area contributed by atoms with Gasteiger partial charge in [0.05, 0.1) is 13.2 Å². The fraction of sp³-hybridized carbons (Fsp3) is 0.417. The van der Waals surface area contributed by atoms with E-state index in [0.29, 0.717) is 19.8 Å². The average Bonchev–Trinajstić information content (AvgIpc) is 2.37. The van der Waals surface area contributed by atoms with Gasteiger partial charge in [-0.3, -0.25) is 4.79 Å². The van der Waals surface area contributed by atoms with Crippen molar-refractivity contribution in [2.75, 3.05) is 32.1 Å². The molecule has 100 valence electrons. The van der Waals surface area contributed by atoms with Crippen LogP contribution in [0, 0.1) is 11.6 Å². The van der Waals surface area contributed by atoms with Crippen molar-refractivity contribution in [3.8, 4) is 0 Å². The van der Waals surface area contributed by atoms with Crippen LogP contribution in [0.5, 0.6) is 0 Å². The number of amides is 1. The number of hydrogen-bond donors (Lipinski definition) is 0. The highest BCUT2D eigenvalue weighted by atomic mass is 79.9. The summed E-state index contributed by atoms with van der Waals surface area (Å²) in [5.41, 5.74) is 0.122. The molecule has 18 heavy (non-hydrogen) atoms. The molecule has 1 aromatic carbocycles. The minimum atomic E-state index is -1.02. The highest BCUT2D eigenvalue weighted by molar-refractivity contribution is 9.09. The first-order chi connectivity index (χ1) is 8.56. The Kier molecular flexibility index (Phi) is 6.21. The zero-order valence-corrected chi connectivity index (χ0v) is 11.5. The predicted molar refractivity (Wildman–Crippen MR) is 67.9 cm³/mol. The third-order valence-electron chi connectivity index (χ3n) is 2.31. The third kappa shape index (κ3) is 4.34. The first-order valence-electron chi connectivity index (χ1n) is 5.40. The Morgan fingerprint density at radius 2 is 2.06 bits per heavy atom. The van der Waals surface area contributed by atoms with E-state index in [-0.39, 0.29) is 11.5 Å². The van der Waals surface area contributed by atoms with E-state index in [1.54, 1.807) is 7.05 Å². The minimum absolute atomic E-state index is 0.122. The van der Waals surface area contributed by atoms with E-state index in [9.17, 15) is 13.6 Å². The zero-order valence-electron chi connectivity index (χ0n) is 9.96. The molecule has 6 heteroatoms. The SMILES string of the molecule is CN(CCOCCBr)C(=O)c1ccc(F)c(F)c1. The molecule has 0 fully saturated rings. The van der Waals surface area contributed by atoms with Crippen molar-refractivity contribution in [3.63, 3.8) is 0 Å². The Bertz CT molecular complexity index is 415. The third-order valence-corrected chi connectivity index (χ3v) is 2.63. The summed E-state index contributed by atoms with van der Waals surface area (Å²) in [6.45, 7) is 1.36. The first kappa shape index (κ1) is 15.0. The van der Waals surface area contributed by atoms with Gasteiger partial charge in [0.15, 0.2) is 11.6 Å². The normalized spacial score (nSPS) is 10.4. The van der Waals surface area contributed by atoms with Crippen LogP contribution in [0.4, 0.5) is 8.78 Å². The Morgan fingerprint density at radius 1 is 1.33 bits per heavy atom. The molecule has 0 bridgehead atoms. The van der Waals surface area contributed by atoms with Crippen molar-refractivity contribution in [1.82, 2.24) is 4.90 Å². The Hall–Kier alpha value is -1.01. The van der Waals surface area contributed by atoms with Gasteiger partial charge in [-0.25, -0.2) is 8.78 Å². The number of ether oxygens (including phenoxy) is 1. The van der Waals surface area contributed by atoms with Crippen LogP contribution < -0.4 is 0 Å². The predicted octanol–water partition coefficient (Wildman–Crippen LogP) is 2.45. The highest BCUT2D eigenvalue weighted by Crippen LogP contribution is 2.10. The van der Waals surface area contributed by atoms with E-state index in [4.69, 9.17) is 4.74 Å². The molecule has 0 aliphatic heterocycles. The van der Waals surface area contributed by atoms with Gasteiger partial charge in [-0.15, -0.1) is 0 Å². The lowest BCUT2D eigenvalue weighted by atomic mass is 10.2. The molecule has 0 atom stereocenters. The van der Waals surface area contributed by atoms with E-state index < -0.39 is 11.6 Å². The van der Waals surface area contributed by atoms with Crippen LogP contribution in [0.15, 0.2) is 18.2 Å². The second-order valence-corrected chi connectivity index (χ2v) is 4.45. The van der Waals surface area contributed by atoms with Crippen molar-refractivity contribution >= 4 is 21.8 Å². The second kappa shape index (κ2) is 7.43. The van der Waals surface area contributed by atoms with Crippen molar-refractivity contribution < 1.29 is 18.3 Å². The quantitative estimate of drug-likeness (QED) is 0.595. The van der Waals surface area contributed by atoms with Gasteiger partial charge in [0.2, 0.25) is 0 Å². The summed E-state index contributed by atoms with van der Waals surface area (Å²) < 4.78 is 30.9. The molecule has 0 aliphatic carbocycles. The molecule has 3 nitrogen and oxygen atoms in total. The van der Waals surface area contributed by atoms with E-state index in [1.165, 1.54) is 11.0 Å². The molecule has 1 aromatic rings. The Balaban J connectivity index is 2.54. The summed E-state index contributed by atoms with van der Waals surface area (Å²) in [5.74, 6) is -2.35. The van der Waals surface area contributed by atoms with Crippen molar-refractivity contribution in [2.45, 2.75) is 0 Å². The lowest BCUT2D eigenvalue weighted by molar-refractivity contribution is 0.0712. The minimum Gasteiger partial charge on any atom is -0.379 e. The van der Waals surface area contributed by atoms with Crippen LogP contribution in [0.2, 0.25) is 0 Å². The number of hydrogen-bond acceptors (Lipinski definition) is 2. The Labute approximate surface area is 113 Å². The maximum absolute atomic E-state index is 13.0. The number of carbonyl (C=O) groups excluding carboxylic acids is 1. The topological polar surface area (TPSA) is 29.5 Å². The van der Waals surface area contributed by atoms with Crippen molar-refractivity contribution in [3.05, 3.63) is 35.4 Å². The van der Waals surface area contributed by atoms with Gasteiger partial charge in [-0.1, -0.05) is 15.9 Å². The molecule has 0 saturated carbocycles. The Morgan fingerprint density at radius 3 is 2.67 bits per heavy atom. The number of benzene rings is 1. The molecule has 0 saturated heterocycles. The summed E-state index contributed by atoms with van der Waals surface area (Å²) in [7, 11) is 1.58. The van der Waals surface area contributed by atoms with Gasteiger partial charge < -0.3 is 9.64 Å². The molecule has 1 rings (SSSR count). The lowest BCUT2D eigenvalue weighted by Crippen LogP contribution is -2.30. The fourth-order valence-corrected chi connectivity index (χ4v) is 1.54. The van der Waals surface area contributed by atoms with Gasteiger partial charge in [0.25, 0.3) is 5.91 Å². The van der Waals surface area contributed by atoms with Gasteiger partial charge in [0.1, 0.15) is 0 Å². The van der Waals surface area contributed by atoms with Crippen molar-refractivity contribution in [2.24, 2.45) is 0 Å².